The molecule has 2 nitrogen and oxygen atoms in total. The van der Waals surface area contributed by atoms with Crippen LogP contribution in [0.25, 0.3) is 32.3 Å². The lowest BCUT2D eigenvalue weighted by molar-refractivity contribution is 0.0696. The third kappa shape index (κ3) is 6.13. The number of aromatic carboxylic acids is 1. The van der Waals surface area contributed by atoms with Crippen LogP contribution in [0.3, 0.4) is 0 Å². The summed E-state index contributed by atoms with van der Waals surface area (Å²) in [6.45, 7) is 27.5. The number of carbonyl (C=O) groups is 1. The van der Waals surface area contributed by atoms with E-state index in [4.69, 9.17) is 0 Å². The highest BCUT2D eigenvalue weighted by atomic mass is 28.3. The molecule has 0 aliphatic carbocycles. The second-order valence-corrected chi connectivity index (χ2v) is 26.1. The summed E-state index contributed by atoms with van der Waals surface area (Å²) in [6.07, 6.45) is 0. The summed E-state index contributed by atoms with van der Waals surface area (Å²) in [5.74, 6) is 6.18. The zero-order valence-electron chi connectivity index (χ0n) is 29.5. The molecule has 0 aliphatic rings. The van der Waals surface area contributed by atoms with Gasteiger partial charge in [0.2, 0.25) is 0 Å². The van der Waals surface area contributed by atoms with Crippen LogP contribution in [0.5, 0.6) is 0 Å². The first-order chi connectivity index (χ1) is 21.1. The molecule has 4 rings (SSSR count). The van der Waals surface area contributed by atoms with Crippen LogP contribution in [0.2, 0.25) is 33.2 Å². The number of benzene rings is 4. The molecule has 4 heteroatoms. The summed E-state index contributed by atoms with van der Waals surface area (Å²) in [6, 6.07) is 19.2. The first-order valence-electron chi connectivity index (χ1n) is 16.8. The molecule has 0 amide bonds. The van der Waals surface area contributed by atoms with Crippen molar-refractivity contribution in [1.29, 1.82) is 0 Å². The highest BCUT2D eigenvalue weighted by molar-refractivity contribution is 6.91. The first-order valence-corrected chi connectivity index (χ1v) is 21.3. The average molecular weight is 633 g/mol. The van der Waals surface area contributed by atoms with Gasteiger partial charge in [-0.25, -0.2) is 4.79 Å². The Morgan fingerprint density at radius 1 is 0.556 bits per heavy atom. The second-order valence-electron chi connectivity index (χ2n) is 14.9. The highest BCUT2D eigenvalue weighted by Crippen LogP contribution is 2.42. The van der Waals surface area contributed by atoms with Crippen molar-refractivity contribution in [3.63, 3.8) is 0 Å². The predicted octanol–water partition coefficient (Wildman–Crippen LogP) is 12.0. The highest BCUT2D eigenvalue weighted by Gasteiger charge is 2.43. The van der Waals surface area contributed by atoms with Crippen LogP contribution in [-0.4, -0.2) is 27.2 Å². The fourth-order valence-electron chi connectivity index (χ4n) is 8.51. The molecule has 4 aromatic carbocycles. The molecule has 45 heavy (non-hydrogen) atoms. The van der Waals surface area contributed by atoms with E-state index in [-0.39, 0.29) is 5.56 Å². The fourth-order valence-corrected chi connectivity index (χ4v) is 18.9. The summed E-state index contributed by atoms with van der Waals surface area (Å²) in [5, 5.41) is 17.3. The largest absolute Gasteiger partial charge is 0.478 e. The van der Waals surface area contributed by atoms with Crippen LogP contribution in [0.15, 0.2) is 54.6 Å². The maximum atomic E-state index is 13.3. The molecule has 0 aromatic heterocycles. The zero-order valence-corrected chi connectivity index (χ0v) is 31.5. The molecule has 236 valence electrons. The van der Waals surface area contributed by atoms with Crippen molar-refractivity contribution in [2.75, 3.05) is 0 Å². The van der Waals surface area contributed by atoms with Crippen molar-refractivity contribution in [3.8, 4) is 22.9 Å². The number of hydrogen-bond acceptors (Lipinski definition) is 1. The Balaban J connectivity index is 2.19. The van der Waals surface area contributed by atoms with Crippen LogP contribution in [0.4, 0.5) is 0 Å². The molecular formula is C41H52O2Si2. The fraction of sp³-hybridized carbons (Fsp3) is 0.439. The molecule has 0 radical (unpaired) electrons. The van der Waals surface area contributed by atoms with E-state index in [1.165, 1.54) is 10.8 Å². The van der Waals surface area contributed by atoms with Crippen LogP contribution in [-0.2, 0) is 0 Å². The Hall–Kier alpha value is -3.32. The molecule has 0 unspecified atom stereocenters. The van der Waals surface area contributed by atoms with Crippen LogP contribution < -0.4 is 0 Å². The minimum Gasteiger partial charge on any atom is -0.478 e. The molecule has 1 N–H and O–H groups in total. The Labute approximate surface area is 274 Å². The van der Waals surface area contributed by atoms with Gasteiger partial charge in [-0.1, -0.05) is 119 Å². The van der Waals surface area contributed by atoms with E-state index in [2.05, 4.69) is 155 Å². The van der Waals surface area contributed by atoms with Gasteiger partial charge in [-0.15, -0.1) is 11.1 Å². The van der Waals surface area contributed by atoms with Crippen LogP contribution in [0.1, 0.15) is 105 Å². The summed E-state index contributed by atoms with van der Waals surface area (Å²) in [4.78, 5) is 13.3. The van der Waals surface area contributed by atoms with E-state index in [1.807, 2.05) is 6.07 Å². The summed E-state index contributed by atoms with van der Waals surface area (Å²) in [5.41, 5.74) is 11.8. The Morgan fingerprint density at radius 3 is 1.38 bits per heavy atom. The molecule has 0 atom stereocenters. The summed E-state index contributed by atoms with van der Waals surface area (Å²) in [7, 11) is -4.24. The normalized spacial score (nSPS) is 12.6. The third-order valence-corrected chi connectivity index (χ3v) is 23.3. The molecule has 0 saturated heterocycles. The van der Waals surface area contributed by atoms with E-state index in [0.717, 1.165) is 21.5 Å². The van der Waals surface area contributed by atoms with Gasteiger partial charge in [-0.05, 0) is 95.9 Å². The molecule has 4 aromatic rings. The minimum atomic E-state index is -2.14. The van der Waals surface area contributed by atoms with Crippen molar-refractivity contribution in [1.82, 2.24) is 0 Å². The Morgan fingerprint density at radius 2 is 0.956 bits per heavy atom. The van der Waals surface area contributed by atoms with E-state index in [1.54, 1.807) is 0 Å². The van der Waals surface area contributed by atoms with Gasteiger partial charge in [0.1, 0.15) is 16.1 Å². The molecule has 0 saturated carbocycles. The topological polar surface area (TPSA) is 37.3 Å². The van der Waals surface area contributed by atoms with Gasteiger partial charge >= 0.3 is 5.97 Å². The second kappa shape index (κ2) is 13.2. The Bertz CT molecular complexity index is 1830. The maximum absolute atomic E-state index is 13.3. The maximum Gasteiger partial charge on any atom is 0.338 e. The third-order valence-electron chi connectivity index (χ3n) is 10.7. The average Bonchev–Trinajstić information content (AvgIpc) is 2.94. The smallest absolute Gasteiger partial charge is 0.338 e. The lowest BCUT2D eigenvalue weighted by Crippen LogP contribution is -2.43. The van der Waals surface area contributed by atoms with Gasteiger partial charge < -0.3 is 5.11 Å². The van der Waals surface area contributed by atoms with Crippen molar-refractivity contribution >= 4 is 54.4 Å². The van der Waals surface area contributed by atoms with Gasteiger partial charge in [0.05, 0.1) is 5.56 Å². The van der Waals surface area contributed by atoms with Crippen molar-refractivity contribution in [3.05, 3.63) is 71.3 Å². The first kappa shape index (κ1) is 34.6. The number of rotatable bonds is 7. The van der Waals surface area contributed by atoms with Crippen molar-refractivity contribution in [2.24, 2.45) is 0 Å². The molecule has 0 fully saturated rings. The molecular weight excluding hydrogens is 581 g/mol. The number of hydrogen-bond donors (Lipinski definition) is 1. The number of carboxylic acids is 1. The summed E-state index contributed by atoms with van der Waals surface area (Å²) >= 11 is 0. The lowest BCUT2D eigenvalue weighted by atomic mass is 9.92. The van der Waals surface area contributed by atoms with Gasteiger partial charge in [-0.2, -0.15) is 0 Å². The molecule has 0 aliphatic heterocycles. The molecule has 0 bridgehead atoms. The zero-order chi connectivity index (χ0) is 33.4. The van der Waals surface area contributed by atoms with Gasteiger partial charge in [0.25, 0.3) is 0 Å². The summed E-state index contributed by atoms with van der Waals surface area (Å²) < 4.78 is 0. The van der Waals surface area contributed by atoms with E-state index in [9.17, 15) is 9.90 Å². The molecule has 0 heterocycles. The van der Waals surface area contributed by atoms with E-state index >= 15 is 0 Å². The monoisotopic (exact) mass is 632 g/mol. The standard InChI is InChI=1S/C41H52O2Si2/c1-26(2)44(27(3)4,28(5)6)19-17-34-23-37-24-35-21-32-15-13-14-16-33(32)22-36(35)25-39(37)38(40(34)41(42)43)18-20-45(29(7)8,30(9)10)31(11)12/h13-16,21-31H,1-12H3,(H,42,43). The SMILES string of the molecule is CC(C)[Si](C#Cc1cc2cc3cc4ccccc4cc3cc2c(C#C[Si](C(C)C)(C(C)C)C(C)C)c1C(=O)O)(C(C)C)C(C)C. The van der Waals surface area contributed by atoms with Gasteiger partial charge in [0, 0.05) is 11.1 Å². The van der Waals surface area contributed by atoms with Crippen molar-refractivity contribution < 1.29 is 9.90 Å². The molecule has 0 spiro atoms. The van der Waals surface area contributed by atoms with E-state index < -0.39 is 22.1 Å². The quantitative estimate of drug-likeness (QED) is 0.125. The van der Waals surface area contributed by atoms with Gasteiger partial charge in [0.15, 0.2) is 0 Å². The van der Waals surface area contributed by atoms with Crippen LogP contribution in [0, 0.1) is 22.9 Å². The Kier molecular flexibility index (Phi) is 10.1. The lowest BCUT2D eigenvalue weighted by Gasteiger charge is -2.38. The minimum absolute atomic E-state index is 0.251. The number of carboxylic acid groups (broad SMARTS) is 1. The predicted molar refractivity (Wildman–Crippen MR) is 202 cm³/mol. The number of fused-ring (bicyclic) bond motifs is 3. The van der Waals surface area contributed by atoms with E-state index in [0.29, 0.717) is 44.4 Å². The van der Waals surface area contributed by atoms with Crippen LogP contribution >= 0.6 is 0 Å². The van der Waals surface area contributed by atoms with Crippen molar-refractivity contribution in [2.45, 2.75) is 116 Å². The van der Waals surface area contributed by atoms with Gasteiger partial charge in [-0.3, -0.25) is 0 Å².